The lowest BCUT2D eigenvalue weighted by Gasteiger charge is -2.36. The van der Waals surface area contributed by atoms with Crippen LogP contribution >= 0.6 is 0 Å². The normalized spacial score (nSPS) is 13.8. The number of carbonyl (C=O) groups is 2. The maximum absolute atomic E-state index is 15.0. The highest BCUT2D eigenvalue weighted by Gasteiger charge is 2.45. The van der Waals surface area contributed by atoms with Crippen LogP contribution in [0.15, 0.2) is 30.5 Å². The largest absolute Gasteiger partial charge is 0.473 e. The van der Waals surface area contributed by atoms with Crippen LogP contribution < -0.4 is 15.8 Å². The van der Waals surface area contributed by atoms with Crippen molar-refractivity contribution in [2.75, 3.05) is 12.4 Å². The lowest BCUT2D eigenvalue weighted by molar-refractivity contribution is -0.174. The predicted molar refractivity (Wildman–Crippen MR) is 132 cm³/mol. The monoisotopic (exact) mass is 500 g/mol. The average Bonchev–Trinajstić information content (AvgIpc) is 2.78. The molecule has 3 N–H and O–H groups in total. The smallest absolute Gasteiger partial charge is 0.412 e. The molecule has 36 heavy (non-hydrogen) atoms. The van der Waals surface area contributed by atoms with E-state index in [1.807, 2.05) is 19.9 Å². The number of pyridine rings is 1. The van der Waals surface area contributed by atoms with Gasteiger partial charge in [0.1, 0.15) is 22.8 Å². The second kappa shape index (κ2) is 11.4. The van der Waals surface area contributed by atoms with Gasteiger partial charge < -0.3 is 14.2 Å². The number of hydrogen-bond acceptors (Lipinski definition) is 8. The molecule has 10 heteroatoms. The first-order chi connectivity index (χ1) is 16.7. The molecule has 0 spiro atoms. The number of benzene rings is 1. The molecule has 0 aliphatic heterocycles. The Kier molecular flexibility index (Phi) is 8.99. The van der Waals surface area contributed by atoms with E-state index in [0.29, 0.717) is 12.0 Å². The Morgan fingerprint density at radius 1 is 1.22 bits per heavy atom. The van der Waals surface area contributed by atoms with Crippen molar-refractivity contribution in [1.82, 2.24) is 4.98 Å². The van der Waals surface area contributed by atoms with Gasteiger partial charge in [-0.15, -0.1) is 0 Å². The molecule has 0 aliphatic carbocycles. The van der Waals surface area contributed by atoms with E-state index in [0.717, 1.165) is 7.11 Å². The Hall–Kier alpha value is -3.71. The van der Waals surface area contributed by atoms with E-state index in [-0.39, 0.29) is 28.6 Å². The molecule has 0 aliphatic rings. The second-order valence-corrected chi connectivity index (χ2v) is 10.0. The van der Waals surface area contributed by atoms with Crippen molar-refractivity contribution in [2.45, 2.75) is 59.8 Å². The van der Waals surface area contributed by atoms with Gasteiger partial charge in [-0.2, -0.15) is 5.26 Å². The molecule has 194 valence electrons. The van der Waals surface area contributed by atoms with Gasteiger partial charge in [0.25, 0.3) is 0 Å². The quantitative estimate of drug-likeness (QED) is 0.382. The minimum Gasteiger partial charge on any atom is -0.473 e. The van der Waals surface area contributed by atoms with Crippen molar-refractivity contribution in [2.24, 2.45) is 17.1 Å². The highest BCUT2D eigenvalue weighted by atomic mass is 19.1. The van der Waals surface area contributed by atoms with E-state index in [4.69, 9.17) is 15.2 Å². The van der Waals surface area contributed by atoms with Crippen molar-refractivity contribution < 1.29 is 28.2 Å². The zero-order valence-corrected chi connectivity index (χ0v) is 21.6. The molecule has 2 aromatic rings. The summed E-state index contributed by atoms with van der Waals surface area (Å²) in [7, 11) is 1.15. The number of nitrogens with one attached hydrogen (secondary N) is 1. The van der Waals surface area contributed by atoms with Crippen molar-refractivity contribution in [3.8, 4) is 22.9 Å². The molecule has 2 atom stereocenters. The molecular weight excluding hydrogens is 467 g/mol. The Morgan fingerprint density at radius 2 is 1.89 bits per heavy atom. The predicted octanol–water partition coefficient (Wildman–Crippen LogP) is 5.00. The number of aromatic nitrogens is 1. The summed E-state index contributed by atoms with van der Waals surface area (Å²) in [4.78, 5) is 28.3. The van der Waals surface area contributed by atoms with Gasteiger partial charge in [0.2, 0.25) is 0 Å². The highest BCUT2D eigenvalue weighted by molar-refractivity contribution is 5.84. The number of nitrogens with zero attached hydrogens (tertiary/aromatic N) is 2. The minimum absolute atomic E-state index is 0.0812. The topological polar surface area (TPSA) is 137 Å². The highest BCUT2D eigenvalue weighted by Crippen LogP contribution is 2.36. The molecule has 1 aromatic carbocycles. The standard InChI is InChI=1S/C26H33FN4O5/c1-15(2)13-26(6,23(32)36-25(3,4)5)22(29)35-19-9-8-16(12-17(19)14-28)18-10-11-30-21(20(18)27)31-24(33)34-7/h8-12,15,22H,13,29H2,1-7H3,(H,30,31,33)/t22-,26?/m0/s1. The van der Waals surface area contributed by atoms with E-state index >= 15 is 0 Å². The van der Waals surface area contributed by atoms with E-state index in [2.05, 4.69) is 15.0 Å². The summed E-state index contributed by atoms with van der Waals surface area (Å²) in [5.74, 6) is -1.38. The van der Waals surface area contributed by atoms with Gasteiger partial charge in [-0.05, 0) is 63.8 Å². The summed E-state index contributed by atoms with van der Waals surface area (Å²) in [5, 5.41) is 11.9. The third-order valence-corrected chi connectivity index (χ3v) is 5.29. The first-order valence-electron chi connectivity index (χ1n) is 11.4. The van der Waals surface area contributed by atoms with Crippen LogP contribution in [0.2, 0.25) is 0 Å². The molecule has 0 bridgehead atoms. The maximum atomic E-state index is 15.0. The number of anilines is 1. The number of rotatable bonds is 8. The zero-order valence-electron chi connectivity index (χ0n) is 21.6. The number of hydrogen-bond donors (Lipinski definition) is 2. The van der Waals surface area contributed by atoms with Crippen LogP contribution in [0.3, 0.4) is 0 Å². The van der Waals surface area contributed by atoms with Crippen molar-refractivity contribution in [3.05, 3.63) is 41.8 Å². The molecule has 0 saturated carbocycles. The van der Waals surface area contributed by atoms with E-state index in [1.165, 1.54) is 30.5 Å². The number of nitriles is 1. The second-order valence-electron chi connectivity index (χ2n) is 10.0. The van der Waals surface area contributed by atoms with E-state index in [1.54, 1.807) is 27.7 Å². The molecule has 2 rings (SSSR count). The number of carbonyl (C=O) groups excluding carboxylic acids is 2. The van der Waals surface area contributed by atoms with Gasteiger partial charge in [-0.25, -0.2) is 14.2 Å². The van der Waals surface area contributed by atoms with Gasteiger partial charge in [0, 0.05) is 11.8 Å². The Balaban J connectivity index is 2.40. The van der Waals surface area contributed by atoms with Crippen LogP contribution in [0.4, 0.5) is 15.0 Å². The number of ether oxygens (including phenoxy) is 3. The fourth-order valence-electron chi connectivity index (χ4n) is 3.61. The number of amides is 1. The Labute approximate surface area is 210 Å². The first kappa shape index (κ1) is 28.5. The summed E-state index contributed by atoms with van der Waals surface area (Å²) in [6.07, 6.45) is -0.292. The third kappa shape index (κ3) is 6.92. The molecular formula is C26H33FN4O5. The third-order valence-electron chi connectivity index (χ3n) is 5.29. The first-order valence-corrected chi connectivity index (χ1v) is 11.4. The van der Waals surface area contributed by atoms with Crippen LogP contribution in [-0.4, -0.2) is 36.0 Å². The summed E-state index contributed by atoms with van der Waals surface area (Å²) in [6.45, 7) is 10.9. The lowest BCUT2D eigenvalue weighted by atomic mass is 9.80. The van der Waals surface area contributed by atoms with Crippen molar-refractivity contribution >= 4 is 17.9 Å². The fraction of sp³-hybridized carbons (Fsp3) is 0.462. The molecule has 1 unspecified atom stereocenters. The fourth-order valence-corrected chi connectivity index (χ4v) is 3.61. The number of esters is 1. The molecule has 0 fully saturated rings. The molecule has 0 radical (unpaired) electrons. The van der Waals surface area contributed by atoms with Gasteiger partial charge in [-0.1, -0.05) is 19.9 Å². The van der Waals surface area contributed by atoms with Crippen LogP contribution in [0.25, 0.3) is 11.1 Å². The van der Waals surface area contributed by atoms with Crippen molar-refractivity contribution in [1.29, 1.82) is 5.26 Å². The summed E-state index contributed by atoms with van der Waals surface area (Å²) in [5.41, 5.74) is 4.99. The Morgan fingerprint density at radius 3 is 2.44 bits per heavy atom. The maximum Gasteiger partial charge on any atom is 0.412 e. The van der Waals surface area contributed by atoms with Crippen LogP contribution in [0.5, 0.6) is 5.75 Å². The Bertz CT molecular complexity index is 1160. The summed E-state index contributed by atoms with van der Waals surface area (Å²) < 4.78 is 31.0. The lowest BCUT2D eigenvalue weighted by Crippen LogP contribution is -2.52. The van der Waals surface area contributed by atoms with Gasteiger partial charge in [-0.3, -0.25) is 15.8 Å². The van der Waals surface area contributed by atoms with Gasteiger partial charge in [0.15, 0.2) is 17.9 Å². The SMILES string of the molecule is COC(=O)Nc1nccc(-c2ccc(O[C@H](N)C(C)(CC(C)C)C(=O)OC(C)(C)C)c(C#N)c2)c1F. The van der Waals surface area contributed by atoms with Crippen molar-refractivity contribution in [3.63, 3.8) is 0 Å². The zero-order chi connectivity index (χ0) is 27.3. The molecule has 1 heterocycles. The van der Waals surface area contributed by atoms with Gasteiger partial charge >= 0.3 is 12.1 Å². The van der Waals surface area contributed by atoms with Crippen LogP contribution in [-0.2, 0) is 14.3 Å². The number of methoxy groups -OCH3 is 1. The number of nitrogens with two attached hydrogens (primary N) is 1. The van der Waals surface area contributed by atoms with E-state index < -0.39 is 35.1 Å². The molecule has 1 amide bonds. The summed E-state index contributed by atoms with van der Waals surface area (Å²) >= 11 is 0. The average molecular weight is 501 g/mol. The minimum atomic E-state index is -1.20. The number of halogens is 1. The molecule has 0 saturated heterocycles. The van der Waals surface area contributed by atoms with Crippen LogP contribution in [0, 0.1) is 28.5 Å². The van der Waals surface area contributed by atoms with E-state index in [9.17, 15) is 19.2 Å². The van der Waals surface area contributed by atoms with Gasteiger partial charge in [0.05, 0.1) is 12.7 Å². The van der Waals surface area contributed by atoms with Crippen LogP contribution in [0.1, 0.15) is 53.5 Å². The molecule has 9 nitrogen and oxygen atoms in total. The summed E-state index contributed by atoms with van der Waals surface area (Å²) in [6, 6.07) is 7.87. The molecule has 1 aromatic heterocycles.